The number of hydrogen-bond acceptors (Lipinski definition) is 6. The van der Waals surface area contributed by atoms with E-state index in [1.807, 2.05) is 70.2 Å². The predicted octanol–water partition coefficient (Wildman–Crippen LogP) is 7.39. The van der Waals surface area contributed by atoms with Gasteiger partial charge in [-0.2, -0.15) is 0 Å². The summed E-state index contributed by atoms with van der Waals surface area (Å²) in [6.45, 7) is 8.48. The summed E-state index contributed by atoms with van der Waals surface area (Å²) in [7, 11) is 0. The number of benzene rings is 4. The topological polar surface area (TPSA) is 85.3 Å². The first-order valence-corrected chi connectivity index (χ1v) is 14.3. The fourth-order valence-corrected chi connectivity index (χ4v) is 5.15. The molecule has 1 heterocycles. The van der Waals surface area contributed by atoms with Crippen molar-refractivity contribution in [3.63, 3.8) is 0 Å². The molecule has 1 N–H and O–H groups in total. The fourth-order valence-electron chi connectivity index (χ4n) is 5.15. The molecule has 0 aliphatic carbocycles. The Kier molecular flexibility index (Phi) is 8.81. The fraction of sp³-hybridized carbons (Fsp3) is 0.222. The summed E-state index contributed by atoms with van der Waals surface area (Å²) >= 11 is 0. The van der Waals surface area contributed by atoms with Gasteiger partial charge in [0.15, 0.2) is 0 Å². The van der Waals surface area contributed by atoms with Crippen molar-refractivity contribution in [2.24, 2.45) is 0 Å². The smallest absolute Gasteiger partial charge is 0.300 e. The summed E-state index contributed by atoms with van der Waals surface area (Å²) in [5.41, 5.74) is 3.37. The molecule has 0 bridgehead atoms. The number of aliphatic hydroxyl groups excluding tert-OH is 1. The second-order valence-corrected chi connectivity index (χ2v) is 10.6. The highest BCUT2D eigenvalue weighted by Gasteiger charge is 2.47. The first-order chi connectivity index (χ1) is 20.8. The molecule has 1 aliphatic heterocycles. The average Bonchev–Trinajstić information content (AvgIpc) is 3.27. The van der Waals surface area contributed by atoms with E-state index in [2.05, 4.69) is 0 Å². The molecular weight excluding hydrogens is 542 g/mol. The lowest BCUT2D eigenvalue weighted by Crippen LogP contribution is -2.29. The number of Topliss-reactive ketones (excluding diaryl/α,β-unsaturated/α-hetero) is 1. The second kappa shape index (κ2) is 12.9. The third-order valence-corrected chi connectivity index (χ3v) is 7.10. The van der Waals surface area contributed by atoms with Gasteiger partial charge in [-0.05, 0) is 86.8 Å². The molecule has 0 aromatic heterocycles. The first kappa shape index (κ1) is 29.5. The molecule has 4 aromatic carbocycles. The normalized spacial score (nSPS) is 16.0. The zero-order chi connectivity index (χ0) is 30.5. The summed E-state index contributed by atoms with van der Waals surface area (Å²) in [6, 6.07) is 28.4. The van der Waals surface area contributed by atoms with Gasteiger partial charge in [0.1, 0.15) is 29.6 Å². The molecule has 1 unspecified atom stereocenters. The third-order valence-electron chi connectivity index (χ3n) is 7.10. The Bertz CT molecular complexity index is 1640. The van der Waals surface area contributed by atoms with Gasteiger partial charge in [-0.1, -0.05) is 48.5 Å². The zero-order valence-electron chi connectivity index (χ0n) is 24.7. The Labute approximate surface area is 252 Å². The first-order valence-electron chi connectivity index (χ1n) is 14.3. The van der Waals surface area contributed by atoms with Crippen molar-refractivity contribution in [2.75, 3.05) is 11.5 Å². The molecule has 7 nitrogen and oxygen atoms in total. The molecule has 43 heavy (non-hydrogen) atoms. The molecule has 1 fully saturated rings. The Balaban J connectivity index is 1.56. The molecule has 0 saturated carbocycles. The largest absolute Gasteiger partial charge is 0.507 e. The Morgan fingerprint density at radius 3 is 2.28 bits per heavy atom. The molecule has 0 radical (unpaired) electrons. The maximum atomic E-state index is 13.6. The van der Waals surface area contributed by atoms with Crippen molar-refractivity contribution in [1.29, 1.82) is 0 Å². The zero-order valence-corrected chi connectivity index (χ0v) is 24.7. The minimum Gasteiger partial charge on any atom is -0.507 e. The van der Waals surface area contributed by atoms with Gasteiger partial charge in [0, 0.05) is 17.3 Å². The van der Waals surface area contributed by atoms with Crippen molar-refractivity contribution >= 4 is 23.1 Å². The average molecular weight is 578 g/mol. The number of carbonyl (C=O) groups is 2. The number of aryl methyl sites for hydroxylation is 1. The molecule has 1 amide bonds. The van der Waals surface area contributed by atoms with Gasteiger partial charge < -0.3 is 19.3 Å². The summed E-state index contributed by atoms with van der Waals surface area (Å²) in [6.07, 6.45) is -0.0133. The van der Waals surface area contributed by atoms with Crippen molar-refractivity contribution in [3.8, 4) is 17.2 Å². The molecule has 0 spiro atoms. The van der Waals surface area contributed by atoms with E-state index in [9.17, 15) is 14.7 Å². The number of ether oxygens (including phenoxy) is 3. The lowest BCUT2D eigenvalue weighted by molar-refractivity contribution is -0.132. The molecule has 1 aliphatic rings. The number of nitrogens with zero attached hydrogens (tertiary/aromatic N) is 1. The molecule has 5 rings (SSSR count). The van der Waals surface area contributed by atoms with Crippen LogP contribution in [0.15, 0.2) is 103 Å². The standard InChI is InChI=1S/C36H35NO6/c1-5-41-30-13-9-12-28(21-30)37-33(26-14-17-29(18-15-26)43-23(2)3)32(35(39)36(37)40)34(38)27-16-19-31(24(4)20-27)42-22-25-10-7-6-8-11-25/h6-21,23,33,38H,5,22H2,1-4H3/b34-32+. The van der Waals surface area contributed by atoms with Crippen LogP contribution in [0, 0.1) is 6.92 Å². The lowest BCUT2D eigenvalue weighted by Gasteiger charge is -2.26. The quantitative estimate of drug-likeness (QED) is 0.120. The number of amides is 1. The van der Waals surface area contributed by atoms with Crippen LogP contribution in [0.25, 0.3) is 5.76 Å². The highest BCUT2D eigenvalue weighted by molar-refractivity contribution is 6.51. The summed E-state index contributed by atoms with van der Waals surface area (Å²) in [5, 5.41) is 11.6. The Hall–Kier alpha value is -5.04. The molecule has 4 aromatic rings. The maximum absolute atomic E-state index is 13.6. The lowest BCUT2D eigenvalue weighted by atomic mass is 9.94. The minimum absolute atomic E-state index is 0.00157. The molecule has 1 atom stereocenters. The second-order valence-electron chi connectivity index (χ2n) is 10.6. The van der Waals surface area contributed by atoms with Gasteiger partial charge in [0.2, 0.25) is 0 Å². The Morgan fingerprint density at radius 2 is 1.60 bits per heavy atom. The van der Waals surface area contributed by atoms with Gasteiger partial charge in [0.25, 0.3) is 11.7 Å². The van der Waals surface area contributed by atoms with Crippen LogP contribution in [0.4, 0.5) is 5.69 Å². The number of rotatable bonds is 10. The van der Waals surface area contributed by atoms with Crippen LogP contribution in [0.3, 0.4) is 0 Å². The van der Waals surface area contributed by atoms with Gasteiger partial charge in [-0.3, -0.25) is 14.5 Å². The maximum Gasteiger partial charge on any atom is 0.300 e. The number of aliphatic hydroxyl groups is 1. The van der Waals surface area contributed by atoms with Crippen molar-refractivity contribution in [2.45, 2.75) is 46.4 Å². The third kappa shape index (κ3) is 6.41. The molecular formula is C36H35NO6. The summed E-state index contributed by atoms with van der Waals surface area (Å²) in [4.78, 5) is 28.7. The van der Waals surface area contributed by atoms with Crippen molar-refractivity contribution in [1.82, 2.24) is 0 Å². The van der Waals surface area contributed by atoms with E-state index in [-0.39, 0.29) is 17.4 Å². The van der Waals surface area contributed by atoms with E-state index >= 15 is 0 Å². The van der Waals surface area contributed by atoms with E-state index in [1.165, 1.54) is 4.90 Å². The van der Waals surface area contributed by atoms with Gasteiger partial charge in [-0.15, -0.1) is 0 Å². The Morgan fingerprint density at radius 1 is 0.860 bits per heavy atom. The van der Waals surface area contributed by atoms with Crippen LogP contribution in [-0.2, 0) is 16.2 Å². The predicted molar refractivity (Wildman–Crippen MR) is 167 cm³/mol. The van der Waals surface area contributed by atoms with Gasteiger partial charge in [-0.25, -0.2) is 0 Å². The van der Waals surface area contributed by atoms with E-state index in [1.54, 1.807) is 54.6 Å². The highest BCUT2D eigenvalue weighted by atomic mass is 16.5. The van der Waals surface area contributed by atoms with E-state index in [0.29, 0.717) is 47.3 Å². The highest BCUT2D eigenvalue weighted by Crippen LogP contribution is 2.43. The number of ketones is 1. The van der Waals surface area contributed by atoms with Crippen LogP contribution in [0.5, 0.6) is 17.2 Å². The summed E-state index contributed by atoms with van der Waals surface area (Å²) < 4.78 is 17.5. The SMILES string of the molecule is CCOc1cccc(N2C(=O)C(=O)/C(=C(/O)c3ccc(OCc4ccccc4)c(C)c3)C2c2ccc(OC(C)C)cc2)c1. The monoisotopic (exact) mass is 577 g/mol. The summed E-state index contributed by atoms with van der Waals surface area (Å²) in [5.74, 6) is 0.132. The minimum atomic E-state index is -0.876. The number of hydrogen-bond donors (Lipinski definition) is 1. The molecule has 7 heteroatoms. The van der Waals surface area contributed by atoms with E-state index < -0.39 is 17.7 Å². The van der Waals surface area contributed by atoms with Crippen LogP contribution in [0.1, 0.15) is 49.1 Å². The molecule has 220 valence electrons. The van der Waals surface area contributed by atoms with Crippen molar-refractivity contribution in [3.05, 3.63) is 125 Å². The van der Waals surface area contributed by atoms with Crippen LogP contribution < -0.4 is 19.1 Å². The number of carbonyl (C=O) groups excluding carboxylic acids is 2. The number of anilines is 1. The van der Waals surface area contributed by atoms with Gasteiger partial charge in [0.05, 0.1) is 24.3 Å². The van der Waals surface area contributed by atoms with Crippen LogP contribution in [-0.4, -0.2) is 29.5 Å². The van der Waals surface area contributed by atoms with Crippen molar-refractivity contribution < 1.29 is 28.9 Å². The van der Waals surface area contributed by atoms with E-state index in [0.717, 1.165) is 11.1 Å². The molecule has 1 saturated heterocycles. The van der Waals surface area contributed by atoms with Gasteiger partial charge >= 0.3 is 0 Å². The van der Waals surface area contributed by atoms with Crippen LogP contribution in [0.2, 0.25) is 0 Å². The van der Waals surface area contributed by atoms with Crippen LogP contribution >= 0.6 is 0 Å². The van der Waals surface area contributed by atoms with E-state index in [4.69, 9.17) is 14.2 Å².